The number of rotatable bonds is 4. The molecule has 0 aliphatic rings. The van der Waals surface area contributed by atoms with Crippen molar-refractivity contribution in [2.75, 3.05) is 12.3 Å². The molecule has 0 saturated carbocycles. The predicted molar refractivity (Wildman–Crippen MR) is 68.7 cm³/mol. The van der Waals surface area contributed by atoms with Gasteiger partial charge in [0.25, 0.3) is 0 Å². The summed E-state index contributed by atoms with van der Waals surface area (Å²) >= 11 is 0. The molecule has 0 atom stereocenters. The van der Waals surface area contributed by atoms with E-state index in [-0.39, 0.29) is 0 Å². The molecule has 0 unspecified atom stereocenters. The average molecular weight is 226 g/mol. The molecular formula is C14H14N2O. The van der Waals surface area contributed by atoms with E-state index in [1.165, 1.54) is 0 Å². The number of benzene rings is 2. The summed E-state index contributed by atoms with van der Waals surface area (Å²) in [6, 6.07) is 13.7. The minimum absolute atomic E-state index is 0.521. The Bertz CT molecular complexity index is 558. The zero-order chi connectivity index (χ0) is 12.1. The second-order valence-corrected chi connectivity index (χ2v) is 3.81. The Hall–Kier alpha value is -2.21. The molecule has 17 heavy (non-hydrogen) atoms. The van der Waals surface area contributed by atoms with Crippen LogP contribution in [0, 0.1) is 11.3 Å². The minimum atomic E-state index is 0.521. The van der Waals surface area contributed by atoms with Crippen LogP contribution in [-0.2, 0) is 0 Å². The third-order valence-corrected chi connectivity index (χ3v) is 2.61. The maximum absolute atomic E-state index is 8.45. The highest BCUT2D eigenvalue weighted by Gasteiger charge is 2.03. The Balaban J connectivity index is 2.23. The topological polar surface area (TPSA) is 59.0 Å². The first-order valence-electron chi connectivity index (χ1n) is 5.60. The molecule has 2 aromatic rings. The van der Waals surface area contributed by atoms with E-state index >= 15 is 0 Å². The number of ether oxygens (including phenoxy) is 1. The molecule has 2 aromatic carbocycles. The van der Waals surface area contributed by atoms with Crippen LogP contribution in [0.2, 0.25) is 0 Å². The number of nitrogen functional groups attached to an aromatic ring is 1. The largest absolute Gasteiger partial charge is 0.493 e. The van der Waals surface area contributed by atoms with E-state index in [0.717, 1.165) is 28.6 Å². The van der Waals surface area contributed by atoms with Crippen LogP contribution in [0.3, 0.4) is 0 Å². The SMILES string of the molecule is N#CCCCOc1ccc(N)c2ccccc12. The van der Waals surface area contributed by atoms with Crippen LogP contribution >= 0.6 is 0 Å². The van der Waals surface area contributed by atoms with Crippen LogP contribution in [0.5, 0.6) is 5.75 Å². The monoisotopic (exact) mass is 226 g/mol. The van der Waals surface area contributed by atoms with E-state index in [0.29, 0.717) is 13.0 Å². The van der Waals surface area contributed by atoms with Crippen molar-refractivity contribution >= 4 is 16.5 Å². The van der Waals surface area contributed by atoms with E-state index in [1.807, 2.05) is 36.4 Å². The highest BCUT2D eigenvalue weighted by Crippen LogP contribution is 2.29. The number of fused-ring (bicyclic) bond motifs is 1. The van der Waals surface area contributed by atoms with Crippen LogP contribution in [0.1, 0.15) is 12.8 Å². The van der Waals surface area contributed by atoms with Gasteiger partial charge < -0.3 is 10.5 Å². The van der Waals surface area contributed by atoms with Crippen molar-refractivity contribution in [2.45, 2.75) is 12.8 Å². The number of nitrogens with two attached hydrogens (primary N) is 1. The molecule has 0 aromatic heterocycles. The van der Waals surface area contributed by atoms with Crippen molar-refractivity contribution in [1.82, 2.24) is 0 Å². The summed E-state index contributed by atoms with van der Waals surface area (Å²) in [5.74, 6) is 0.827. The van der Waals surface area contributed by atoms with E-state index in [4.69, 9.17) is 15.7 Å². The maximum Gasteiger partial charge on any atom is 0.127 e. The Morgan fingerprint density at radius 2 is 1.88 bits per heavy atom. The third kappa shape index (κ3) is 2.48. The maximum atomic E-state index is 8.45. The molecule has 2 N–H and O–H groups in total. The van der Waals surface area contributed by atoms with Crippen molar-refractivity contribution in [3.8, 4) is 11.8 Å². The summed E-state index contributed by atoms with van der Waals surface area (Å²) in [5.41, 5.74) is 6.66. The molecule has 0 heterocycles. The van der Waals surface area contributed by atoms with Gasteiger partial charge >= 0.3 is 0 Å². The number of hydrogen-bond donors (Lipinski definition) is 1. The summed E-state index contributed by atoms with van der Waals surface area (Å²) in [4.78, 5) is 0. The van der Waals surface area contributed by atoms with Gasteiger partial charge in [0.1, 0.15) is 5.75 Å². The molecule has 0 fully saturated rings. The van der Waals surface area contributed by atoms with Crippen LogP contribution < -0.4 is 10.5 Å². The lowest BCUT2D eigenvalue weighted by Crippen LogP contribution is -1.98. The van der Waals surface area contributed by atoms with Crippen LogP contribution in [-0.4, -0.2) is 6.61 Å². The number of nitrogens with zero attached hydrogens (tertiary/aromatic N) is 1. The molecule has 0 aliphatic carbocycles. The quantitative estimate of drug-likeness (QED) is 0.643. The van der Waals surface area contributed by atoms with E-state index in [2.05, 4.69) is 6.07 Å². The molecular weight excluding hydrogens is 212 g/mol. The molecule has 86 valence electrons. The van der Waals surface area contributed by atoms with Crippen molar-refractivity contribution in [3.05, 3.63) is 36.4 Å². The summed E-state index contributed by atoms with van der Waals surface area (Å²) in [7, 11) is 0. The molecule has 0 radical (unpaired) electrons. The van der Waals surface area contributed by atoms with Crippen molar-refractivity contribution in [1.29, 1.82) is 5.26 Å². The second-order valence-electron chi connectivity index (χ2n) is 3.81. The lowest BCUT2D eigenvalue weighted by atomic mass is 10.1. The molecule has 0 spiro atoms. The fraction of sp³-hybridized carbons (Fsp3) is 0.214. The number of hydrogen-bond acceptors (Lipinski definition) is 3. The van der Waals surface area contributed by atoms with Gasteiger partial charge in [-0.1, -0.05) is 24.3 Å². The fourth-order valence-electron chi connectivity index (χ4n) is 1.75. The van der Waals surface area contributed by atoms with Crippen molar-refractivity contribution in [3.63, 3.8) is 0 Å². The Kier molecular flexibility index (Phi) is 3.46. The van der Waals surface area contributed by atoms with Gasteiger partial charge in [-0.05, 0) is 18.6 Å². The molecule has 0 saturated heterocycles. The number of nitriles is 1. The van der Waals surface area contributed by atoms with Gasteiger partial charge in [-0.2, -0.15) is 5.26 Å². The van der Waals surface area contributed by atoms with Gasteiger partial charge in [0.05, 0.1) is 12.7 Å². The van der Waals surface area contributed by atoms with Gasteiger partial charge in [0.15, 0.2) is 0 Å². The Morgan fingerprint density at radius 3 is 2.65 bits per heavy atom. The molecule has 0 aliphatic heterocycles. The first-order valence-corrected chi connectivity index (χ1v) is 5.60. The summed E-state index contributed by atoms with van der Waals surface area (Å²) in [6.07, 6.45) is 1.27. The first-order chi connectivity index (χ1) is 8.33. The van der Waals surface area contributed by atoms with Gasteiger partial charge in [0.2, 0.25) is 0 Å². The van der Waals surface area contributed by atoms with E-state index < -0.39 is 0 Å². The standard InChI is InChI=1S/C14H14N2O/c15-9-3-4-10-17-14-8-7-13(16)11-5-1-2-6-12(11)14/h1-2,5-8H,3-4,10,16H2. The number of unbranched alkanes of at least 4 members (excludes halogenated alkanes) is 1. The van der Waals surface area contributed by atoms with Crippen molar-refractivity contribution in [2.24, 2.45) is 0 Å². The highest BCUT2D eigenvalue weighted by atomic mass is 16.5. The zero-order valence-corrected chi connectivity index (χ0v) is 9.52. The Morgan fingerprint density at radius 1 is 1.12 bits per heavy atom. The average Bonchev–Trinajstić information content (AvgIpc) is 2.37. The van der Waals surface area contributed by atoms with Crippen LogP contribution in [0.15, 0.2) is 36.4 Å². The molecule has 2 rings (SSSR count). The van der Waals surface area contributed by atoms with Gasteiger partial charge in [0, 0.05) is 22.9 Å². The van der Waals surface area contributed by atoms with Gasteiger partial charge in [-0.15, -0.1) is 0 Å². The van der Waals surface area contributed by atoms with Gasteiger partial charge in [-0.3, -0.25) is 0 Å². The third-order valence-electron chi connectivity index (χ3n) is 2.61. The fourth-order valence-corrected chi connectivity index (χ4v) is 1.75. The van der Waals surface area contributed by atoms with Crippen LogP contribution in [0.4, 0.5) is 5.69 Å². The molecule has 0 amide bonds. The zero-order valence-electron chi connectivity index (χ0n) is 9.52. The predicted octanol–water partition coefficient (Wildman–Crippen LogP) is 3.10. The minimum Gasteiger partial charge on any atom is -0.493 e. The summed E-state index contributed by atoms with van der Waals surface area (Å²) in [6.45, 7) is 0.557. The second kappa shape index (κ2) is 5.22. The normalized spacial score (nSPS) is 10.1. The molecule has 3 heteroatoms. The van der Waals surface area contributed by atoms with E-state index in [9.17, 15) is 0 Å². The first kappa shape index (κ1) is 11.3. The van der Waals surface area contributed by atoms with Crippen molar-refractivity contribution < 1.29 is 4.74 Å². The number of anilines is 1. The van der Waals surface area contributed by atoms with E-state index in [1.54, 1.807) is 0 Å². The lowest BCUT2D eigenvalue weighted by molar-refractivity contribution is 0.316. The summed E-state index contributed by atoms with van der Waals surface area (Å²) in [5, 5.41) is 10.5. The highest BCUT2D eigenvalue weighted by molar-refractivity contribution is 5.96. The van der Waals surface area contributed by atoms with Crippen LogP contribution in [0.25, 0.3) is 10.8 Å². The molecule has 3 nitrogen and oxygen atoms in total. The Labute approximate surface area is 100 Å². The van der Waals surface area contributed by atoms with Gasteiger partial charge in [-0.25, -0.2) is 0 Å². The molecule has 0 bridgehead atoms. The lowest BCUT2D eigenvalue weighted by Gasteiger charge is -2.10. The smallest absolute Gasteiger partial charge is 0.127 e. The summed E-state index contributed by atoms with van der Waals surface area (Å²) < 4.78 is 5.67.